The van der Waals surface area contributed by atoms with E-state index in [-0.39, 0.29) is 5.97 Å². The minimum atomic E-state index is 0.0142. The van der Waals surface area contributed by atoms with Crippen LogP contribution in [0.25, 0.3) is 0 Å². The van der Waals surface area contributed by atoms with Gasteiger partial charge in [-0.05, 0) is 67.1 Å². The van der Waals surface area contributed by atoms with Crippen LogP contribution in [-0.2, 0) is 9.53 Å². The fourth-order valence-electron chi connectivity index (χ4n) is 6.15. The van der Waals surface area contributed by atoms with E-state index in [1.807, 2.05) is 0 Å². The first-order valence-electron chi connectivity index (χ1n) is 7.37. The zero-order valence-electron chi connectivity index (χ0n) is 11.2. The van der Waals surface area contributed by atoms with Crippen LogP contribution in [0.4, 0.5) is 0 Å². The lowest BCUT2D eigenvalue weighted by Crippen LogP contribution is -2.22. The molecule has 2 heteroatoms. The van der Waals surface area contributed by atoms with Gasteiger partial charge in [-0.15, -0.1) is 0 Å². The maximum atomic E-state index is 11.8. The standard InChI is InChI=1S/C16H22O2/c1-10-3-4-11-7-13-12(10)5-6-15(13)9-16(11,15)8-14(17)18-2/h11-13H,1,3-9H2,2H3. The quantitative estimate of drug-likeness (QED) is 0.552. The Bertz CT molecular complexity index is 440. The van der Waals surface area contributed by atoms with E-state index in [1.54, 1.807) is 0 Å². The molecule has 5 atom stereocenters. The smallest absolute Gasteiger partial charge is 0.306 e. The molecule has 0 radical (unpaired) electrons. The van der Waals surface area contributed by atoms with E-state index in [4.69, 9.17) is 4.74 Å². The van der Waals surface area contributed by atoms with Crippen molar-refractivity contribution in [2.75, 3.05) is 7.11 Å². The van der Waals surface area contributed by atoms with Crippen LogP contribution in [0.3, 0.4) is 0 Å². The summed E-state index contributed by atoms with van der Waals surface area (Å²) in [5.74, 6) is 2.41. The molecule has 98 valence electrons. The minimum Gasteiger partial charge on any atom is -0.469 e. The van der Waals surface area contributed by atoms with Gasteiger partial charge in [-0.25, -0.2) is 0 Å². The Labute approximate surface area is 109 Å². The number of hydrogen-bond acceptors (Lipinski definition) is 2. The molecule has 4 aliphatic carbocycles. The van der Waals surface area contributed by atoms with E-state index in [0.29, 0.717) is 17.3 Å². The van der Waals surface area contributed by atoms with Gasteiger partial charge in [-0.3, -0.25) is 4.79 Å². The summed E-state index contributed by atoms with van der Waals surface area (Å²) < 4.78 is 4.95. The molecular formula is C16H22O2. The molecule has 0 saturated heterocycles. The zero-order chi connectivity index (χ0) is 12.5. The molecule has 18 heavy (non-hydrogen) atoms. The largest absolute Gasteiger partial charge is 0.469 e. The Kier molecular flexibility index (Phi) is 1.97. The fraction of sp³-hybridized carbons (Fsp3) is 0.812. The summed E-state index contributed by atoms with van der Waals surface area (Å²) in [6.45, 7) is 4.33. The third-order valence-electron chi connectivity index (χ3n) is 6.94. The first-order valence-corrected chi connectivity index (χ1v) is 7.37. The maximum absolute atomic E-state index is 11.8. The Morgan fingerprint density at radius 2 is 2.33 bits per heavy atom. The maximum Gasteiger partial charge on any atom is 0.306 e. The van der Waals surface area contributed by atoms with Crippen LogP contribution in [0.1, 0.15) is 44.9 Å². The van der Waals surface area contributed by atoms with Gasteiger partial charge in [0.05, 0.1) is 13.5 Å². The van der Waals surface area contributed by atoms with Crippen LogP contribution in [0.5, 0.6) is 0 Å². The van der Waals surface area contributed by atoms with E-state index in [2.05, 4.69) is 6.58 Å². The van der Waals surface area contributed by atoms with Crippen molar-refractivity contribution >= 4 is 5.97 Å². The first-order chi connectivity index (χ1) is 8.63. The summed E-state index contributed by atoms with van der Waals surface area (Å²) in [6.07, 6.45) is 8.49. The second kappa shape index (κ2) is 3.20. The number of carbonyl (C=O) groups is 1. The molecule has 0 N–H and O–H groups in total. The van der Waals surface area contributed by atoms with Crippen molar-refractivity contribution in [3.05, 3.63) is 12.2 Å². The third kappa shape index (κ3) is 1.05. The van der Waals surface area contributed by atoms with Gasteiger partial charge in [-0.1, -0.05) is 12.2 Å². The summed E-state index contributed by atoms with van der Waals surface area (Å²) in [7, 11) is 1.53. The van der Waals surface area contributed by atoms with Crippen molar-refractivity contribution in [3.8, 4) is 0 Å². The van der Waals surface area contributed by atoms with E-state index >= 15 is 0 Å². The molecule has 4 aliphatic rings. The summed E-state index contributed by atoms with van der Waals surface area (Å²) in [6, 6.07) is 0. The average Bonchev–Trinajstić information content (AvgIpc) is 2.76. The van der Waals surface area contributed by atoms with Gasteiger partial charge in [-0.2, -0.15) is 0 Å². The highest BCUT2D eigenvalue weighted by Crippen LogP contribution is 2.86. The molecule has 1 spiro atoms. The number of esters is 1. The molecule has 0 heterocycles. The van der Waals surface area contributed by atoms with Crippen molar-refractivity contribution in [2.24, 2.45) is 28.6 Å². The van der Waals surface area contributed by atoms with Crippen LogP contribution >= 0.6 is 0 Å². The molecular weight excluding hydrogens is 224 g/mol. The number of methoxy groups -OCH3 is 1. The fourth-order valence-corrected chi connectivity index (χ4v) is 6.15. The summed E-state index contributed by atoms with van der Waals surface area (Å²) >= 11 is 0. The van der Waals surface area contributed by atoms with Crippen molar-refractivity contribution in [3.63, 3.8) is 0 Å². The number of carbonyl (C=O) groups excluding carboxylic acids is 1. The lowest BCUT2D eigenvalue weighted by Gasteiger charge is -2.25. The van der Waals surface area contributed by atoms with Gasteiger partial charge >= 0.3 is 5.97 Å². The first kappa shape index (κ1) is 11.1. The Morgan fingerprint density at radius 3 is 3.11 bits per heavy atom. The Balaban J connectivity index is 1.70. The van der Waals surface area contributed by atoms with Crippen molar-refractivity contribution in [1.82, 2.24) is 0 Å². The highest BCUT2D eigenvalue weighted by molar-refractivity contribution is 5.71. The molecule has 2 nitrogen and oxygen atoms in total. The van der Waals surface area contributed by atoms with Crippen LogP contribution < -0.4 is 0 Å². The zero-order valence-corrected chi connectivity index (χ0v) is 11.2. The van der Waals surface area contributed by atoms with Crippen LogP contribution in [0.15, 0.2) is 12.2 Å². The normalized spacial score (nSPS) is 51.8. The van der Waals surface area contributed by atoms with E-state index in [1.165, 1.54) is 51.2 Å². The van der Waals surface area contributed by atoms with E-state index in [0.717, 1.165) is 17.8 Å². The van der Waals surface area contributed by atoms with Crippen LogP contribution in [0, 0.1) is 28.6 Å². The molecule has 2 bridgehead atoms. The minimum absolute atomic E-state index is 0.0142. The third-order valence-corrected chi connectivity index (χ3v) is 6.94. The number of fused-ring (bicyclic) bond motifs is 2. The molecule has 0 aliphatic heterocycles. The van der Waals surface area contributed by atoms with Crippen LogP contribution in [0.2, 0.25) is 0 Å². The number of hydrogen-bond donors (Lipinski definition) is 0. The Morgan fingerprint density at radius 1 is 1.50 bits per heavy atom. The second-order valence-electron chi connectivity index (χ2n) is 7.12. The van der Waals surface area contributed by atoms with E-state index in [9.17, 15) is 4.79 Å². The summed E-state index contributed by atoms with van der Waals surface area (Å²) in [5.41, 5.74) is 2.36. The molecule has 0 aromatic heterocycles. The monoisotopic (exact) mass is 246 g/mol. The molecule has 4 saturated carbocycles. The van der Waals surface area contributed by atoms with Gasteiger partial charge < -0.3 is 4.74 Å². The lowest BCUT2D eigenvalue weighted by atomic mass is 9.80. The molecule has 0 amide bonds. The molecule has 5 unspecified atom stereocenters. The SMILES string of the molecule is C=C1CCC2CC3C1CCC31CC21CC(=O)OC. The molecule has 0 aromatic carbocycles. The van der Waals surface area contributed by atoms with Crippen molar-refractivity contribution in [2.45, 2.75) is 44.9 Å². The van der Waals surface area contributed by atoms with Gasteiger partial charge in [0.1, 0.15) is 0 Å². The van der Waals surface area contributed by atoms with Gasteiger partial charge in [0.25, 0.3) is 0 Å². The highest BCUT2D eigenvalue weighted by Gasteiger charge is 2.80. The topological polar surface area (TPSA) is 26.3 Å². The number of rotatable bonds is 2. The molecule has 4 fully saturated rings. The van der Waals surface area contributed by atoms with E-state index < -0.39 is 0 Å². The van der Waals surface area contributed by atoms with Crippen molar-refractivity contribution < 1.29 is 9.53 Å². The van der Waals surface area contributed by atoms with Gasteiger partial charge in [0.2, 0.25) is 0 Å². The summed E-state index contributed by atoms with van der Waals surface area (Å²) in [4.78, 5) is 11.8. The number of ether oxygens (including phenoxy) is 1. The average molecular weight is 246 g/mol. The Hall–Kier alpha value is -0.790. The highest BCUT2D eigenvalue weighted by atomic mass is 16.5. The van der Waals surface area contributed by atoms with Crippen molar-refractivity contribution in [1.29, 1.82) is 0 Å². The predicted octanol–water partition coefficient (Wildman–Crippen LogP) is 3.32. The van der Waals surface area contributed by atoms with Gasteiger partial charge in [0.15, 0.2) is 0 Å². The molecule has 0 aromatic rings. The lowest BCUT2D eigenvalue weighted by molar-refractivity contribution is -0.142. The predicted molar refractivity (Wildman–Crippen MR) is 68.8 cm³/mol. The number of allylic oxidation sites excluding steroid dienone is 1. The van der Waals surface area contributed by atoms with Gasteiger partial charge in [0, 0.05) is 0 Å². The molecule has 4 rings (SSSR count). The summed E-state index contributed by atoms with van der Waals surface area (Å²) in [5, 5.41) is 0. The second-order valence-corrected chi connectivity index (χ2v) is 7.12. The van der Waals surface area contributed by atoms with Crippen LogP contribution in [-0.4, -0.2) is 13.1 Å².